The molecule has 0 aromatic heterocycles. The molecular weight excluding hydrogens is 304 g/mol. The zero-order chi connectivity index (χ0) is 16.8. The maximum atomic E-state index is 10.4. The van der Waals surface area contributed by atoms with Gasteiger partial charge >= 0.3 is 5.97 Å². The van der Waals surface area contributed by atoms with E-state index in [0.717, 1.165) is 29.8 Å². The Labute approximate surface area is 146 Å². The van der Waals surface area contributed by atoms with Crippen molar-refractivity contribution in [3.63, 3.8) is 0 Å². The van der Waals surface area contributed by atoms with Gasteiger partial charge in [-0.05, 0) is 44.9 Å². The van der Waals surface area contributed by atoms with E-state index in [1.807, 2.05) is 0 Å². The molecule has 0 radical (unpaired) electrons. The summed E-state index contributed by atoms with van der Waals surface area (Å²) in [6.07, 6.45) is 24.0. The lowest BCUT2D eigenvalue weighted by Crippen LogP contribution is -1.92. The number of hydrogen-bond donors (Lipinski definition) is 1. The summed E-state index contributed by atoms with van der Waals surface area (Å²) < 4.78 is 0. The fraction of sp³-hybridized carbons (Fsp3) is 0.650. The molecule has 23 heavy (non-hydrogen) atoms. The van der Waals surface area contributed by atoms with Crippen molar-refractivity contribution >= 4 is 17.7 Å². The van der Waals surface area contributed by atoms with Gasteiger partial charge in [0.1, 0.15) is 0 Å². The van der Waals surface area contributed by atoms with Crippen molar-refractivity contribution in [3.05, 3.63) is 36.5 Å². The summed E-state index contributed by atoms with van der Waals surface area (Å²) >= 11 is 2.11. The van der Waals surface area contributed by atoms with Gasteiger partial charge in [0.2, 0.25) is 0 Å². The van der Waals surface area contributed by atoms with Gasteiger partial charge in [0, 0.05) is 16.9 Å². The Morgan fingerprint density at radius 3 is 2.22 bits per heavy atom. The molecule has 2 unspecified atom stereocenters. The molecule has 2 atom stereocenters. The van der Waals surface area contributed by atoms with E-state index in [4.69, 9.17) is 5.11 Å². The number of unbranched alkanes of at least 4 members (excludes halogenated alkanes) is 4. The molecule has 0 amide bonds. The third-order valence-electron chi connectivity index (χ3n) is 3.93. The average Bonchev–Trinajstić information content (AvgIpc) is 3.27. The van der Waals surface area contributed by atoms with E-state index in [0.29, 0.717) is 0 Å². The molecule has 2 nitrogen and oxygen atoms in total. The Hall–Kier alpha value is -0.960. The van der Waals surface area contributed by atoms with Crippen LogP contribution in [0.4, 0.5) is 0 Å². The number of thioether (sulfide) groups is 1. The number of rotatable bonds is 14. The molecule has 1 rings (SSSR count). The molecule has 0 spiro atoms. The van der Waals surface area contributed by atoms with E-state index in [-0.39, 0.29) is 6.42 Å². The maximum absolute atomic E-state index is 10.4. The Morgan fingerprint density at radius 1 is 0.913 bits per heavy atom. The van der Waals surface area contributed by atoms with E-state index in [9.17, 15) is 4.79 Å². The number of carboxylic acids is 1. The highest BCUT2D eigenvalue weighted by Gasteiger charge is 2.35. The van der Waals surface area contributed by atoms with Gasteiger partial charge < -0.3 is 5.11 Å². The minimum absolute atomic E-state index is 0.271. The zero-order valence-corrected chi connectivity index (χ0v) is 15.3. The first-order chi connectivity index (χ1) is 11.2. The molecule has 1 aliphatic heterocycles. The van der Waals surface area contributed by atoms with Gasteiger partial charge in [-0.2, -0.15) is 11.8 Å². The van der Waals surface area contributed by atoms with Crippen molar-refractivity contribution in [1.82, 2.24) is 0 Å². The second-order valence-corrected chi connectivity index (χ2v) is 7.60. The highest BCUT2D eigenvalue weighted by atomic mass is 32.2. The van der Waals surface area contributed by atoms with Crippen LogP contribution in [-0.4, -0.2) is 21.6 Å². The summed E-state index contributed by atoms with van der Waals surface area (Å²) in [6.45, 7) is 2.25. The predicted molar refractivity (Wildman–Crippen MR) is 102 cm³/mol. The number of allylic oxidation sites excluding steroid dienone is 6. The molecule has 0 bridgehead atoms. The zero-order valence-electron chi connectivity index (χ0n) is 14.5. The molecule has 1 fully saturated rings. The van der Waals surface area contributed by atoms with Gasteiger partial charge in [0.05, 0.1) is 0 Å². The van der Waals surface area contributed by atoms with E-state index < -0.39 is 5.97 Å². The summed E-state index contributed by atoms with van der Waals surface area (Å²) in [5.41, 5.74) is 0. The predicted octanol–water partition coefficient (Wildman–Crippen LogP) is 6.14. The minimum Gasteiger partial charge on any atom is -0.481 e. The molecule has 1 N–H and O–H groups in total. The second kappa shape index (κ2) is 13.5. The molecule has 130 valence electrons. The number of aliphatic carboxylic acids is 1. The van der Waals surface area contributed by atoms with Crippen LogP contribution in [0.1, 0.15) is 71.1 Å². The Kier molecular flexibility index (Phi) is 11.8. The van der Waals surface area contributed by atoms with Gasteiger partial charge in [-0.3, -0.25) is 4.79 Å². The van der Waals surface area contributed by atoms with Crippen LogP contribution in [0.25, 0.3) is 0 Å². The molecule has 3 heteroatoms. The SMILES string of the molecule is CCCCC/C=C\CC1SC1C/C=C\C/C=C\CCCC(=O)O. The number of carboxylic acid groups (broad SMARTS) is 1. The van der Waals surface area contributed by atoms with Crippen molar-refractivity contribution in [2.24, 2.45) is 0 Å². The highest BCUT2D eigenvalue weighted by molar-refractivity contribution is 8.07. The van der Waals surface area contributed by atoms with Crippen LogP contribution in [-0.2, 0) is 4.79 Å². The minimum atomic E-state index is -0.703. The Morgan fingerprint density at radius 2 is 1.52 bits per heavy atom. The van der Waals surface area contributed by atoms with Crippen LogP contribution in [0.2, 0.25) is 0 Å². The smallest absolute Gasteiger partial charge is 0.303 e. The second-order valence-electron chi connectivity index (χ2n) is 6.12. The molecular formula is C20H32O2S. The van der Waals surface area contributed by atoms with Crippen LogP contribution in [0, 0.1) is 0 Å². The molecule has 0 aromatic carbocycles. The van der Waals surface area contributed by atoms with Crippen LogP contribution >= 0.6 is 11.8 Å². The molecule has 0 aromatic rings. The van der Waals surface area contributed by atoms with Gasteiger partial charge in [-0.25, -0.2) is 0 Å². The number of carbonyl (C=O) groups is 1. The van der Waals surface area contributed by atoms with Gasteiger partial charge in [-0.15, -0.1) is 0 Å². The molecule has 1 saturated heterocycles. The van der Waals surface area contributed by atoms with Crippen molar-refractivity contribution in [2.75, 3.05) is 0 Å². The Bertz CT molecular complexity index is 398. The van der Waals surface area contributed by atoms with Crippen molar-refractivity contribution in [2.45, 2.75) is 81.6 Å². The van der Waals surface area contributed by atoms with Crippen LogP contribution < -0.4 is 0 Å². The lowest BCUT2D eigenvalue weighted by molar-refractivity contribution is -0.137. The summed E-state index contributed by atoms with van der Waals surface area (Å²) in [5, 5.41) is 10.2. The van der Waals surface area contributed by atoms with E-state index in [1.54, 1.807) is 0 Å². The topological polar surface area (TPSA) is 37.3 Å². The summed E-state index contributed by atoms with van der Waals surface area (Å²) in [5.74, 6) is -0.703. The third-order valence-corrected chi connectivity index (χ3v) is 5.36. The van der Waals surface area contributed by atoms with E-state index >= 15 is 0 Å². The largest absolute Gasteiger partial charge is 0.481 e. The molecule has 0 saturated carbocycles. The average molecular weight is 337 g/mol. The number of hydrogen-bond acceptors (Lipinski definition) is 2. The van der Waals surface area contributed by atoms with Crippen LogP contribution in [0.15, 0.2) is 36.5 Å². The molecule has 0 aliphatic carbocycles. The standard InChI is InChI=1S/C20H32O2S/c1-2-3-4-5-9-12-15-18-19(23-18)16-13-10-7-6-8-11-14-17-20(21)22/h6,8-10,12-13,18-19H,2-5,7,11,14-17H2,1H3,(H,21,22)/b8-6-,12-9-,13-10-. The van der Waals surface area contributed by atoms with E-state index in [1.165, 1.54) is 38.5 Å². The third kappa shape index (κ3) is 12.2. The summed E-state index contributed by atoms with van der Waals surface area (Å²) in [7, 11) is 0. The van der Waals surface area contributed by atoms with Crippen molar-refractivity contribution in [1.29, 1.82) is 0 Å². The maximum Gasteiger partial charge on any atom is 0.303 e. The monoisotopic (exact) mass is 336 g/mol. The lowest BCUT2D eigenvalue weighted by Gasteiger charge is -1.92. The van der Waals surface area contributed by atoms with Crippen molar-refractivity contribution < 1.29 is 9.90 Å². The lowest BCUT2D eigenvalue weighted by atomic mass is 10.1. The van der Waals surface area contributed by atoms with Crippen LogP contribution in [0.5, 0.6) is 0 Å². The van der Waals surface area contributed by atoms with Gasteiger partial charge in [-0.1, -0.05) is 56.2 Å². The fourth-order valence-corrected chi connectivity index (χ4v) is 3.47. The highest BCUT2D eigenvalue weighted by Crippen LogP contribution is 2.46. The first-order valence-corrected chi connectivity index (χ1v) is 10.0. The quantitative estimate of drug-likeness (QED) is 0.235. The summed E-state index contributed by atoms with van der Waals surface area (Å²) in [6, 6.07) is 0. The van der Waals surface area contributed by atoms with Gasteiger partial charge in [0.25, 0.3) is 0 Å². The molecule has 1 heterocycles. The van der Waals surface area contributed by atoms with E-state index in [2.05, 4.69) is 55.1 Å². The van der Waals surface area contributed by atoms with Crippen LogP contribution in [0.3, 0.4) is 0 Å². The Balaban J connectivity index is 1.92. The first kappa shape index (κ1) is 20.1. The van der Waals surface area contributed by atoms with Crippen molar-refractivity contribution in [3.8, 4) is 0 Å². The van der Waals surface area contributed by atoms with Gasteiger partial charge in [0.15, 0.2) is 0 Å². The summed E-state index contributed by atoms with van der Waals surface area (Å²) in [4.78, 5) is 10.4. The first-order valence-electron chi connectivity index (χ1n) is 9.06. The normalized spacial score (nSPS) is 20.9. The fourth-order valence-electron chi connectivity index (χ4n) is 2.44. The molecule has 1 aliphatic rings.